The topological polar surface area (TPSA) is 15.3 Å². The van der Waals surface area contributed by atoms with E-state index in [1.807, 2.05) is 0 Å². The quantitative estimate of drug-likeness (QED) is 0.838. The highest BCUT2D eigenvalue weighted by Gasteiger charge is 2.32. The van der Waals surface area contributed by atoms with E-state index in [0.717, 1.165) is 29.8 Å². The summed E-state index contributed by atoms with van der Waals surface area (Å²) in [4.78, 5) is 2.82. The highest BCUT2D eigenvalue weighted by molar-refractivity contribution is 4.88. The van der Waals surface area contributed by atoms with Gasteiger partial charge in [0.1, 0.15) is 0 Å². The lowest BCUT2D eigenvalue weighted by atomic mass is 9.78. The number of rotatable bonds is 4. The highest BCUT2D eigenvalue weighted by Crippen LogP contribution is 2.33. The Balaban J connectivity index is 1.43. The molecule has 0 aromatic rings. The van der Waals surface area contributed by atoms with Crippen molar-refractivity contribution >= 4 is 0 Å². The third-order valence-electron chi connectivity index (χ3n) is 5.81. The largest absolute Gasteiger partial charge is 0.314 e. The van der Waals surface area contributed by atoms with Crippen molar-refractivity contribution in [2.24, 2.45) is 17.8 Å². The van der Waals surface area contributed by atoms with Gasteiger partial charge >= 0.3 is 0 Å². The van der Waals surface area contributed by atoms with Gasteiger partial charge in [-0.2, -0.15) is 0 Å². The molecular weight excluding hydrogens is 232 g/mol. The van der Waals surface area contributed by atoms with Gasteiger partial charge in [0.25, 0.3) is 0 Å². The molecule has 0 bridgehead atoms. The molecule has 3 aliphatic rings. The number of hydrogen-bond acceptors (Lipinski definition) is 2. The molecular formula is C17H32N2. The first-order valence-electron chi connectivity index (χ1n) is 8.70. The summed E-state index contributed by atoms with van der Waals surface area (Å²) in [5.74, 6) is 2.90. The number of hydrogen-bond donors (Lipinski definition) is 1. The third kappa shape index (κ3) is 3.72. The second-order valence-corrected chi connectivity index (χ2v) is 7.62. The molecule has 19 heavy (non-hydrogen) atoms. The molecule has 3 unspecified atom stereocenters. The summed E-state index contributed by atoms with van der Waals surface area (Å²) < 4.78 is 0. The van der Waals surface area contributed by atoms with E-state index in [9.17, 15) is 0 Å². The Morgan fingerprint density at radius 3 is 2.37 bits per heavy atom. The summed E-state index contributed by atoms with van der Waals surface area (Å²) in [7, 11) is 0. The number of nitrogens with one attached hydrogen (secondary N) is 1. The maximum atomic E-state index is 3.80. The zero-order valence-corrected chi connectivity index (χ0v) is 12.9. The molecule has 1 N–H and O–H groups in total. The van der Waals surface area contributed by atoms with E-state index in [-0.39, 0.29) is 0 Å². The van der Waals surface area contributed by atoms with Gasteiger partial charge in [-0.25, -0.2) is 0 Å². The fourth-order valence-electron chi connectivity index (χ4n) is 4.10. The van der Waals surface area contributed by atoms with E-state index in [0.29, 0.717) is 0 Å². The molecule has 2 saturated carbocycles. The van der Waals surface area contributed by atoms with Gasteiger partial charge < -0.3 is 5.32 Å². The van der Waals surface area contributed by atoms with E-state index in [2.05, 4.69) is 24.1 Å². The average Bonchev–Trinajstić information content (AvgIpc) is 3.24. The van der Waals surface area contributed by atoms with Crippen molar-refractivity contribution in [3.63, 3.8) is 0 Å². The van der Waals surface area contributed by atoms with Crippen molar-refractivity contribution in [1.29, 1.82) is 0 Å². The van der Waals surface area contributed by atoms with Gasteiger partial charge in [0.15, 0.2) is 0 Å². The SMILES string of the molecule is CC1CCC(C)C(N2CCC(NCC3CC3)CC2)C1. The molecule has 1 saturated heterocycles. The van der Waals surface area contributed by atoms with Crippen LogP contribution in [-0.4, -0.2) is 36.6 Å². The Morgan fingerprint density at radius 2 is 1.68 bits per heavy atom. The van der Waals surface area contributed by atoms with Crippen LogP contribution in [0.2, 0.25) is 0 Å². The molecule has 1 aliphatic heterocycles. The minimum Gasteiger partial charge on any atom is -0.314 e. The lowest BCUT2D eigenvalue weighted by Crippen LogP contribution is -2.50. The lowest BCUT2D eigenvalue weighted by Gasteiger charge is -2.44. The van der Waals surface area contributed by atoms with E-state index >= 15 is 0 Å². The van der Waals surface area contributed by atoms with Gasteiger partial charge in [0.05, 0.1) is 0 Å². The van der Waals surface area contributed by atoms with Crippen LogP contribution in [0, 0.1) is 17.8 Å². The summed E-state index contributed by atoms with van der Waals surface area (Å²) in [6.07, 6.45) is 10.1. The lowest BCUT2D eigenvalue weighted by molar-refractivity contribution is 0.0651. The molecule has 0 spiro atoms. The van der Waals surface area contributed by atoms with E-state index in [1.165, 1.54) is 64.6 Å². The van der Waals surface area contributed by atoms with E-state index < -0.39 is 0 Å². The van der Waals surface area contributed by atoms with Crippen LogP contribution in [-0.2, 0) is 0 Å². The van der Waals surface area contributed by atoms with Crippen molar-refractivity contribution in [2.45, 2.75) is 70.9 Å². The molecule has 3 fully saturated rings. The monoisotopic (exact) mass is 264 g/mol. The molecule has 0 aromatic heterocycles. The summed E-state index contributed by atoms with van der Waals surface area (Å²) in [5.41, 5.74) is 0. The molecule has 3 rings (SSSR count). The van der Waals surface area contributed by atoms with Crippen LogP contribution < -0.4 is 5.32 Å². The normalized spacial score (nSPS) is 38.5. The van der Waals surface area contributed by atoms with Crippen LogP contribution >= 0.6 is 0 Å². The van der Waals surface area contributed by atoms with Crippen molar-refractivity contribution in [3.05, 3.63) is 0 Å². The fraction of sp³-hybridized carbons (Fsp3) is 1.00. The molecule has 0 aromatic carbocycles. The van der Waals surface area contributed by atoms with Crippen LogP contribution in [0.3, 0.4) is 0 Å². The first-order valence-corrected chi connectivity index (χ1v) is 8.70. The van der Waals surface area contributed by atoms with Crippen LogP contribution in [0.25, 0.3) is 0 Å². The maximum absolute atomic E-state index is 3.80. The summed E-state index contributed by atoms with van der Waals surface area (Å²) in [5, 5.41) is 3.80. The second-order valence-electron chi connectivity index (χ2n) is 7.62. The molecule has 2 heteroatoms. The van der Waals surface area contributed by atoms with Crippen LogP contribution in [0.4, 0.5) is 0 Å². The summed E-state index contributed by atoms with van der Waals surface area (Å²) in [6, 6.07) is 1.70. The fourth-order valence-corrected chi connectivity index (χ4v) is 4.10. The maximum Gasteiger partial charge on any atom is 0.0123 e. The Labute approximate surface area is 119 Å². The molecule has 0 amide bonds. The molecule has 2 aliphatic carbocycles. The molecule has 1 heterocycles. The molecule has 110 valence electrons. The van der Waals surface area contributed by atoms with Gasteiger partial charge in [0.2, 0.25) is 0 Å². The summed E-state index contributed by atoms with van der Waals surface area (Å²) in [6.45, 7) is 8.90. The Bertz CT molecular complexity index is 279. The van der Waals surface area contributed by atoms with Gasteiger partial charge in [-0.3, -0.25) is 4.90 Å². The molecule has 3 atom stereocenters. The highest BCUT2D eigenvalue weighted by atomic mass is 15.2. The minimum atomic E-state index is 0.813. The van der Waals surface area contributed by atoms with Crippen molar-refractivity contribution in [2.75, 3.05) is 19.6 Å². The smallest absolute Gasteiger partial charge is 0.0123 e. The number of piperidine rings is 1. The van der Waals surface area contributed by atoms with Gasteiger partial charge in [0, 0.05) is 12.1 Å². The van der Waals surface area contributed by atoms with Gasteiger partial charge in [-0.05, 0) is 75.9 Å². The van der Waals surface area contributed by atoms with Crippen LogP contribution in [0.15, 0.2) is 0 Å². The average molecular weight is 264 g/mol. The first-order chi connectivity index (χ1) is 9.22. The van der Waals surface area contributed by atoms with Crippen molar-refractivity contribution < 1.29 is 0 Å². The minimum absolute atomic E-state index is 0.813. The van der Waals surface area contributed by atoms with Gasteiger partial charge in [-0.1, -0.05) is 20.3 Å². The zero-order valence-electron chi connectivity index (χ0n) is 12.9. The number of nitrogens with zero attached hydrogens (tertiary/aromatic N) is 1. The van der Waals surface area contributed by atoms with Crippen LogP contribution in [0.5, 0.6) is 0 Å². The predicted molar refractivity (Wildman–Crippen MR) is 81.3 cm³/mol. The Hall–Kier alpha value is -0.0800. The van der Waals surface area contributed by atoms with Crippen molar-refractivity contribution in [3.8, 4) is 0 Å². The Morgan fingerprint density at radius 1 is 0.947 bits per heavy atom. The predicted octanol–water partition coefficient (Wildman–Crippen LogP) is 3.28. The van der Waals surface area contributed by atoms with Gasteiger partial charge in [-0.15, -0.1) is 0 Å². The zero-order chi connectivity index (χ0) is 13.2. The number of likely N-dealkylation sites (tertiary alicyclic amines) is 1. The molecule has 2 nitrogen and oxygen atoms in total. The van der Waals surface area contributed by atoms with E-state index in [4.69, 9.17) is 0 Å². The van der Waals surface area contributed by atoms with Crippen LogP contribution in [0.1, 0.15) is 58.8 Å². The first kappa shape index (κ1) is 13.9. The standard InChI is InChI=1S/C17H32N2/c1-13-3-4-14(2)17(11-13)19-9-7-16(8-10-19)18-12-15-5-6-15/h13-18H,3-12H2,1-2H3. The molecule has 0 radical (unpaired) electrons. The second kappa shape index (κ2) is 6.13. The Kier molecular flexibility index (Phi) is 4.48. The third-order valence-corrected chi connectivity index (χ3v) is 5.81. The summed E-state index contributed by atoms with van der Waals surface area (Å²) >= 11 is 0. The van der Waals surface area contributed by atoms with Crippen molar-refractivity contribution in [1.82, 2.24) is 10.2 Å². The van der Waals surface area contributed by atoms with E-state index in [1.54, 1.807) is 0 Å².